The van der Waals surface area contributed by atoms with Crippen LogP contribution < -0.4 is 0 Å². The van der Waals surface area contributed by atoms with E-state index in [-0.39, 0.29) is 12.1 Å². The Bertz CT molecular complexity index is 604. The van der Waals surface area contributed by atoms with Gasteiger partial charge in [-0.1, -0.05) is 43.2 Å². The molecule has 0 N–H and O–H groups in total. The van der Waals surface area contributed by atoms with Gasteiger partial charge in [0.2, 0.25) is 0 Å². The standard InChI is InChI=1S/C22H32NO2/c1-23-16-8-5-12-19(23)20(13-9-17-23)25-21(24)22(14-6-7-15-22)18-10-3-2-4-11-18/h2-4,10-11,19-20H,5-9,12-17H2,1H3/q+1/t19-,20-,23+/m0/s1. The molecule has 3 atom stereocenters. The number of benzene rings is 1. The normalized spacial score (nSPS) is 34.3. The molecule has 3 heteroatoms. The molecule has 2 saturated heterocycles. The lowest BCUT2D eigenvalue weighted by Gasteiger charge is -2.50. The average molecular weight is 343 g/mol. The van der Waals surface area contributed by atoms with Gasteiger partial charge in [0.15, 0.2) is 6.10 Å². The molecular weight excluding hydrogens is 310 g/mol. The van der Waals surface area contributed by atoms with E-state index in [1.54, 1.807) is 0 Å². The summed E-state index contributed by atoms with van der Waals surface area (Å²) in [6.45, 7) is 2.51. The molecule has 136 valence electrons. The smallest absolute Gasteiger partial charge is 0.317 e. The Morgan fingerprint density at radius 1 is 1.00 bits per heavy atom. The van der Waals surface area contributed by atoms with Crippen LogP contribution in [0.4, 0.5) is 0 Å². The first-order valence-corrected chi connectivity index (χ1v) is 10.2. The Labute approximate surface area is 151 Å². The summed E-state index contributed by atoms with van der Waals surface area (Å²) >= 11 is 0. The first kappa shape index (κ1) is 17.1. The fraction of sp³-hybridized carbons (Fsp3) is 0.682. The molecular formula is C22H32NO2+. The second-order valence-electron chi connectivity index (χ2n) is 8.73. The number of likely N-dealkylation sites (N-methyl/N-ethyl adjacent to an activating group) is 1. The molecule has 3 nitrogen and oxygen atoms in total. The topological polar surface area (TPSA) is 26.3 Å². The summed E-state index contributed by atoms with van der Waals surface area (Å²) in [6, 6.07) is 10.9. The highest BCUT2D eigenvalue weighted by molar-refractivity contribution is 5.83. The van der Waals surface area contributed by atoms with E-state index in [0.717, 1.165) is 42.2 Å². The van der Waals surface area contributed by atoms with Crippen molar-refractivity contribution in [1.82, 2.24) is 0 Å². The van der Waals surface area contributed by atoms with Gasteiger partial charge in [-0.3, -0.25) is 4.79 Å². The SMILES string of the molecule is C[N@+]12CCCC[C@H]1[C@@H](OC(=O)C1(c3ccccc3)CCCC1)CCC2. The molecule has 0 spiro atoms. The summed E-state index contributed by atoms with van der Waals surface area (Å²) in [6.07, 6.45) is 10.3. The van der Waals surface area contributed by atoms with Crippen LogP contribution in [0.5, 0.6) is 0 Å². The molecule has 0 bridgehead atoms. The molecule has 0 unspecified atom stereocenters. The number of carbonyl (C=O) groups is 1. The van der Waals surface area contributed by atoms with Crippen molar-refractivity contribution in [3.05, 3.63) is 35.9 Å². The molecule has 1 aliphatic carbocycles. The molecule has 25 heavy (non-hydrogen) atoms. The van der Waals surface area contributed by atoms with E-state index in [4.69, 9.17) is 4.74 Å². The number of fused-ring (bicyclic) bond motifs is 1. The predicted molar refractivity (Wildman–Crippen MR) is 99.3 cm³/mol. The van der Waals surface area contributed by atoms with Crippen LogP contribution in [0.1, 0.15) is 63.4 Å². The Kier molecular flexibility index (Phi) is 4.61. The number of esters is 1. The summed E-state index contributed by atoms with van der Waals surface area (Å²) in [5.41, 5.74) is 0.769. The molecule has 1 aromatic carbocycles. The highest BCUT2D eigenvalue weighted by Gasteiger charge is 2.49. The van der Waals surface area contributed by atoms with Crippen molar-refractivity contribution in [1.29, 1.82) is 0 Å². The van der Waals surface area contributed by atoms with Crippen LogP contribution in [0, 0.1) is 0 Å². The molecule has 1 saturated carbocycles. The highest BCUT2D eigenvalue weighted by Crippen LogP contribution is 2.43. The van der Waals surface area contributed by atoms with Gasteiger partial charge in [-0.2, -0.15) is 0 Å². The number of rotatable bonds is 3. The van der Waals surface area contributed by atoms with E-state index >= 15 is 0 Å². The van der Waals surface area contributed by atoms with Crippen molar-refractivity contribution in [2.45, 2.75) is 75.3 Å². The molecule has 3 fully saturated rings. The lowest BCUT2D eigenvalue weighted by molar-refractivity contribution is -0.946. The summed E-state index contributed by atoms with van der Waals surface area (Å²) in [5, 5.41) is 0. The van der Waals surface area contributed by atoms with E-state index in [1.807, 2.05) is 6.07 Å². The molecule has 0 aromatic heterocycles. The van der Waals surface area contributed by atoms with E-state index in [1.165, 1.54) is 38.8 Å². The van der Waals surface area contributed by atoms with Crippen LogP contribution in [0.15, 0.2) is 30.3 Å². The minimum absolute atomic E-state index is 0.0558. The molecule has 4 rings (SSSR count). The lowest BCUT2D eigenvalue weighted by atomic mass is 9.78. The Morgan fingerprint density at radius 2 is 1.72 bits per heavy atom. The van der Waals surface area contributed by atoms with Gasteiger partial charge < -0.3 is 9.22 Å². The number of ether oxygens (including phenoxy) is 1. The van der Waals surface area contributed by atoms with Crippen LogP contribution in [0.3, 0.4) is 0 Å². The van der Waals surface area contributed by atoms with Gasteiger partial charge in [-0.15, -0.1) is 0 Å². The monoisotopic (exact) mass is 342 g/mol. The molecule has 2 aliphatic heterocycles. The van der Waals surface area contributed by atoms with Gasteiger partial charge in [-0.25, -0.2) is 0 Å². The van der Waals surface area contributed by atoms with Gasteiger partial charge in [0, 0.05) is 12.8 Å². The van der Waals surface area contributed by atoms with E-state index in [0.29, 0.717) is 6.04 Å². The second-order valence-corrected chi connectivity index (χ2v) is 8.73. The zero-order valence-corrected chi connectivity index (χ0v) is 15.6. The van der Waals surface area contributed by atoms with Crippen LogP contribution >= 0.6 is 0 Å². The summed E-state index contributed by atoms with van der Waals surface area (Å²) in [7, 11) is 2.38. The predicted octanol–water partition coefficient (Wildman–Crippen LogP) is 4.20. The van der Waals surface area contributed by atoms with Crippen LogP contribution in [0.2, 0.25) is 0 Å². The Morgan fingerprint density at radius 3 is 2.48 bits per heavy atom. The first-order valence-electron chi connectivity index (χ1n) is 10.2. The van der Waals surface area contributed by atoms with Crippen LogP contribution in [0.25, 0.3) is 0 Å². The third-order valence-corrected chi connectivity index (χ3v) is 7.24. The summed E-state index contributed by atoms with van der Waals surface area (Å²) in [4.78, 5) is 13.4. The molecule has 0 amide bonds. The van der Waals surface area contributed by atoms with Gasteiger partial charge >= 0.3 is 5.97 Å². The summed E-state index contributed by atoms with van der Waals surface area (Å²) < 4.78 is 7.43. The number of hydrogen-bond donors (Lipinski definition) is 0. The lowest BCUT2D eigenvalue weighted by Crippen LogP contribution is -2.63. The average Bonchev–Trinajstić information content (AvgIpc) is 3.13. The number of hydrogen-bond acceptors (Lipinski definition) is 2. The molecule has 3 aliphatic rings. The zero-order valence-electron chi connectivity index (χ0n) is 15.6. The number of carbonyl (C=O) groups excluding carboxylic acids is 1. The molecule has 0 radical (unpaired) electrons. The van der Waals surface area contributed by atoms with Gasteiger partial charge in [0.05, 0.1) is 25.6 Å². The molecule has 2 heterocycles. The maximum Gasteiger partial charge on any atom is 0.317 e. The van der Waals surface area contributed by atoms with E-state index in [2.05, 4.69) is 31.3 Å². The fourth-order valence-electron chi connectivity index (χ4n) is 5.75. The number of nitrogens with zero attached hydrogens (tertiary/aromatic N) is 1. The first-order chi connectivity index (χ1) is 12.1. The van der Waals surface area contributed by atoms with Crippen molar-refractivity contribution in [2.24, 2.45) is 0 Å². The van der Waals surface area contributed by atoms with Crippen LogP contribution in [-0.4, -0.2) is 42.7 Å². The maximum absolute atomic E-state index is 13.4. The minimum atomic E-state index is -0.392. The highest BCUT2D eigenvalue weighted by atomic mass is 16.5. The Hall–Kier alpha value is -1.35. The third kappa shape index (κ3) is 3.01. The van der Waals surface area contributed by atoms with Crippen molar-refractivity contribution in [3.8, 4) is 0 Å². The third-order valence-electron chi connectivity index (χ3n) is 7.24. The minimum Gasteiger partial charge on any atom is -0.455 e. The second kappa shape index (κ2) is 6.75. The Balaban J connectivity index is 1.56. The van der Waals surface area contributed by atoms with Gasteiger partial charge in [0.25, 0.3) is 0 Å². The van der Waals surface area contributed by atoms with E-state index in [9.17, 15) is 4.79 Å². The van der Waals surface area contributed by atoms with Gasteiger partial charge in [-0.05, 0) is 37.7 Å². The largest absolute Gasteiger partial charge is 0.455 e. The fourth-order valence-corrected chi connectivity index (χ4v) is 5.75. The van der Waals surface area contributed by atoms with Gasteiger partial charge in [0.1, 0.15) is 6.04 Å². The van der Waals surface area contributed by atoms with E-state index < -0.39 is 5.41 Å². The van der Waals surface area contributed by atoms with Crippen molar-refractivity contribution in [3.63, 3.8) is 0 Å². The number of quaternary nitrogens is 1. The summed E-state index contributed by atoms with van der Waals surface area (Å²) in [5.74, 6) is 0.0558. The zero-order chi connectivity index (χ0) is 17.3. The maximum atomic E-state index is 13.4. The number of piperidine rings is 2. The van der Waals surface area contributed by atoms with Crippen molar-refractivity contribution < 1.29 is 14.0 Å². The molecule has 1 aromatic rings. The van der Waals surface area contributed by atoms with Crippen molar-refractivity contribution >= 4 is 5.97 Å². The quantitative estimate of drug-likeness (QED) is 0.608. The van der Waals surface area contributed by atoms with Crippen LogP contribution in [-0.2, 0) is 14.9 Å². The van der Waals surface area contributed by atoms with Crippen molar-refractivity contribution in [2.75, 3.05) is 20.1 Å².